The van der Waals surface area contributed by atoms with Crippen molar-refractivity contribution in [1.29, 1.82) is 0 Å². The largest absolute Gasteiger partial charge is 0.344 e. The van der Waals surface area contributed by atoms with E-state index in [1.807, 2.05) is 58.0 Å². The van der Waals surface area contributed by atoms with Crippen molar-refractivity contribution < 1.29 is 4.79 Å². The molecule has 2 aromatic carbocycles. The highest BCUT2D eigenvalue weighted by molar-refractivity contribution is 6.42. The molecular formula is C28H25Cl2N5O2. The summed E-state index contributed by atoms with van der Waals surface area (Å²) in [6.07, 6.45) is 3.45. The van der Waals surface area contributed by atoms with Crippen LogP contribution in [0.2, 0.25) is 10.0 Å². The van der Waals surface area contributed by atoms with E-state index in [1.54, 1.807) is 24.5 Å². The Balaban J connectivity index is 1.56. The number of nitrogens with zero attached hydrogens (tertiary/aromatic N) is 3. The molecule has 0 aliphatic carbocycles. The molecule has 1 amide bonds. The Bertz CT molecular complexity index is 1740. The number of pyridine rings is 1. The molecule has 0 aliphatic rings. The summed E-state index contributed by atoms with van der Waals surface area (Å²) in [5, 5.41) is 9.38. The van der Waals surface area contributed by atoms with Crippen LogP contribution in [-0.2, 0) is 0 Å². The van der Waals surface area contributed by atoms with Crippen LogP contribution in [0.1, 0.15) is 59.9 Å². The Labute approximate surface area is 223 Å². The van der Waals surface area contributed by atoms with E-state index in [4.69, 9.17) is 23.2 Å². The van der Waals surface area contributed by atoms with Crippen LogP contribution in [0.3, 0.4) is 0 Å². The molecule has 188 valence electrons. The number of benzene rings is 2. The fourth-order valence-corrected chi connectivity index (χ4v) is 4.85. The van der Waals surface area contributed by atoms with Crippen LogP contribution in [0.25, 0.3) is 27.7 Å². The van der Waals surface area contributed by atoms with Gasteiger partial charge in [0, 0.05) is 22.7 Å². The fourth-order valence-electron chi connectivity index (χ4n) is 4.54. The molecule has 1 unspecified atom stereocenters. The highest BCUT2D eigenvalue weighted by Crippen LogP contribution is 2.28. The maximum Gasteiger partial charge on any atom is 0.274 e. The number of amides is 1. The Morgan fingerprint density at radius 1 is 1.08 bits per heavy atom. The van der Waals surface area contributed by atoms with Crippen LogP contribution < -0.4 is 10.9 Å². The monoisotopic (exact) mass is 533 g/mol. The lowest BCUT2D eigenvalue weighted by atomic mass is 10.0. The molecule has 0 radical (unpaired) electrons. The quantitative estimate of drug-likeness (QED) is 0.271. The summed E-state index contributed by atoms with van der Waals surface area (Å²) in [4.78, 5) is 34.1. The first-order valence-electron chi connectivity index (χ1n) is 11.9. The first-order chi connectivity index (χ1) is 17.6. The molecule has 0 spiro atoms. The Morgan fingerprint density at radius 2 is 1.86 bits per heavy atom. The minimum atomic E-state index is -0.380. The molecule has 0 aliphatic heterocycles. The number of aromatic amines is 1. The summed E-state index contributed by atoms with van der Waals surface area (Å²) in [5.74, 6) is -0.495. The number of nitrogens with one attached hydrogen (secondary N) is 2. The third-order valence-electron chi connectivity index (χ3n) is 6.50. The summed E-state index contributed by atoms with van der Waals surface area (Å²) in [5.41, 5.74) is 4.89. The first-order valence-corrected chi connectivity index (χ1v) is 12.7. The molecule has 3 aromatic heterocycles. The van der Waals surface area contributed by atoms with E-state index < -0.39 is 0 Å². The van der Waals surface area contributed by atoms with Gasteiger partial charge in [-0.05, 0) is 55.2 Å². The van der Waals surface area contributed by atoms with Crippen LogP contribution in [0.4, 0.5) is 0 Å². The summed E-state index contributed by atoms with van der Waals surface area (Å²) >= 11 is 12.2. The lowest BCUT2D eigenvalue weighted by molar-refractivity contribution is 0.0933. The van der Waals surface area contributed by atoms with Crippen molar-refractivity contribution >= 4 is 45.5 Å². The van der Waals surface area contributed by atoms with Gasteiger partial charge >= 0.3 is 0 Å². The van der Waals surface area contributed by atoms with Gasteiger partial charge in [0.2, 0.25) is 0 Å². The molecule has 5 rings (SSSR count). The third kappa shape index (κ3) is 4.61. The molecule has 37 heavy (non-hydrogen) atoms. The van der Waals surface area contributed by atoms with Gasteiger partial charge in [0.05, 0.1) is 33.5 Å². The summed E-state index contributed by atoms with van der Waals surface area (Å²) in [6.45, 7) is 7.73. The number of H-pyrrole nitrogens is 1. The van der Waals surface area contributed by atoms with Gasteiger partial charge in [-0.3, -0.25) is 14.6 Å². The average molecular weight is 534 g/mol. The van der Waals surface area contributed by atoms with Gasteiger partial charge in [-0.1, -0.05) is 55.2 Å². The van der Waals surface area contributed by atoms with Crippen molar-refractivity contribution in [2.75, 3.05) is 0 Å². The number of aromatic nitrogens is 4. The maximum atomic E-state index is 13.4. The van der Waals surface area contributed by atoms with Crippen molar-refractivity contribution in [2.45, 2.75) is 39.7 Å². The topological polar surface area (TPSA) is 92.2 Å². The number of fused-ring (bicyclic) bond motifs is 2. The molecule has 5 aromatic rings. The van der Waals surface area contributed by atoms with Crippen LogP contribution >= 0.6 is 23.2 Å². The first kappa shape index (κ1) is 25.0. The number of aryl methyl sites for hydroxylation is 1. The number of carbonyl (C=O) groups is 1. The maximum absolute atomic E-state index is 13.4. The van der Waals surface area contributed by atoms with Crippen molar-refractivity contribution in [3.63, 3.8) is 0 Å². The van der Waals surface area contributed by atoms with E-state index in [-0.39, 0.29) is 29.1 Å². The third-order valence-corrected chi connectivity index (χ3v) is 7.24. The highest BCUT2D eigenvalue weighted by atomic mass is 35.5. The van der Waals surface area contributed by atoms with Gasteiger partial charge in [0.15, 0.2) is 5.69 Å². The Morgan fingerprint density at radius 3 is 2.59 bits per heavy atom. The fraction of sp³-hybridized carbons (Fsp3) is 0.214. The molecule has 3 heterocycles. The number of hydrogen-bond acceptors (Lipinski definition) is 4. The SMILES string of the molecule is Cc1cccc2ncc(-c3cn4nc(C(=O)NC(C)c5ccc(Cl)c(Cl)c5)c(C(C)C)c4c(=O)[nH]3)cc12. The van der Waals surface area contributed by atoms with Crippen molar-refractivity contribution in [2.24, 2.45) is 0 Å². The van der Waals surface area contributed by atoms with Crippen molar-refractivity contribution in [3.8, 4) is 11.3 Å². The molecule has 0 fully saturated rings. The van der Waals surface area contributed by atoms with E-state index in [0.717, 1.165) is 27.6 Å². The number of hydrogen-bond donors (Lipinski definition) is 2. The van der Waals surface area contributed by atoms with Crippen molar-refractivity contribution in [3.05, 3.63) is 97.6 Å². The molecule has 0 saturated heterocycles. The van der Waals surface area contributed by atoms with Crippen LogP contribution in [0.15, 0.2) is 59.7 Å². The Kier molecular flexibility index (Phi) is 6.52. The predicted molar refractivity (Wildman–Crippen MR) is 148 cm³/mol. The van der Waals surface area contributed by atoms with Gasteiger partial charge in [-0.15, -0.1) is 0 Å². The smallest absolute Gasteiger partial charge is 0.274 e. The summed E-state index contributed by atoms with van der Waals surface area (Å²) in [6, 6.07) is 12.8. The second kappa shape index (κ2) is 9.65. The zero-order valence-electron chi connectivity index (χ0n) is 20.8. The standard InChI is InChI=1S/C28H25Cl2N5O2/c1-14(2)24-25(27(36)32-16(4)17-8-9-20(29)21(30)11-17)34-35-13-23(33-28(37)26(24)35)18-10-19-15(3)6-5-7-22(19)31-12-18/h5-14,16H,1-4H3,(H,32,36)(H,33,37). The second-order valence-corrected chi connectivity index (χ2v) is 10.3. The normalized spacial score (nSPS) is 12.4. The second-order valence-electron chi connectivity index (χ2n) is 9.44. The van der Waals surface area contributed by atoms with E-state index in [2.05, 4.69) is 20.4 Å². The molecule has 7 nitrogen and oxygen atoms in total. The van der Waals surface area contributed by atoms with Crippen LogP contribution in [0.5, 0.6) is 0 Å². The summed E-state index contributed by atoms with van der Waals surface area (Å²) in [7, 11) is 0. The zero-order valence-corrected chi connectivity index (χ0v) is 22.3. The lowest BCUT2D eigenvalue weighted by Gasteiger charge is -2.15. The molecule has 1 atom stereocenters. The average Bonchev–Trinajstić information content (AvgIpc) is 3.26. The molecule has 0 saturated carbocycles. The van der Waals surface area contributed by atoms with E-state index >= 15 is 0 Å². The number of halogens is 2. The minimum Gasteiger partial charge on any atom is -0.344 e. The van der Waals surface area contributed by atoms with Crippen molar-refractivity contribution in [1.82, 2.24) is 24.9 Å². The number of rotatable bonds is 5. The van der Waals surface area contributed by atoms with Gasteiger partial charge < -0.3 is 10.3 Å². The van der Waals surface area contributed by atoms with Crippen LogP contribution in [0, 0.1) is 6.92 Å². The molecule has 2 N–H and O–H groups in total. The van der Waals surface area contributed by atoms with Gasteiger partial charge in [0.25, 0.3) is 11.5 Å². The minimum absolute atomic E-state index is 0.115. The molecular weight excluding hydrogens is 509 g/mol. The molecule has 9 heteroatoms. The van der Waals surface area contributed by atoms with E-state index in [1.165, 1.54) is 4.52 Å². The molecule has 0 bridgehead atoms. The number of carbonyl (C=O) groups excluding carboxylic acids is 1. The summed E-state index contributed by atoms with van der Waals surface area (Å²) < 4.78 is 1.49. The van der Waals surface area contributed by atoms with Gasteiger partial charge in [-0.2, -0.15) is 5.10 Å². The predicted octanol–water partition coefficient (Wildman–Crippen LogP) is 6.47. The van der Waals surface area contributed by atoms with Crippen LogP contribution in [-0.4, -0.2) is 25.5 Å². The van der Waals surface area contributed by atoms with Gasteiger partial charge in [-0.25, -0.2) is 4.52 Å². The highest BCUT2D eigenvalue weighted by Gasteiger charge is 2.25. The van der Waals surface area contributed by atoms with E-state index in [9.17, 15) is 9.59 Å². The van der Waals surface area contributed by atoms with E-state index in [0.29, 0.717) is 26.8 Å². The lowest BCUT2D eigenvalue weighted by Crippen LogP contribution is -2.28. The zero-order chi connectivity index (χ0) is 26.4. The van der Waals surface area contributed by atoms with Gasteiger partial charge in [0.1, 0.15) is 5.52 Å². The Hall–Kier alpha value is -3.68.